The normalized spacial score (nSPS) is 8.54. The molecular formula is C10H9N3. The van der Waals surface area contributed by atoms with E-state index in [0.717, 1.165) is 12.2 Å². The van der Waals surface area contributed by atoms with Crippen molar-refractivity contribution in [3.63, 3.8) is 0 Å². The SMILES string of the molecule is CCNc1ccc(C#N)c(C#N)c1. The summed E-state index contributed by atoms with van der Waals surface area (Å²) in [4.78, 5) is 0. The summed E-state index contributed by atoms with van der Waals surface area (Å²) in [7, 11) is 0. The van der Waals surface area contributed by atoms with E-state index in [4.69, 9.17) is 10.5 Å². The number of nitriles is 2. The molecule has 3 heteroatoms. The highest BCUT2D eigenvalue weighted by Crippen LogP contribution is 2.13. The number of nitrogens with one attached hydrogen (secondary N) is 1. The molecule has 0 saturated carbocycles. The Hall–Kier alpha value is -2.00. The fraction of sp³-hybridized carbons (Fsp3) is 0.200. The van der Waals surface area contributed by atoms with Crippen molar-refractivity contribution < 1.29 is 0 Å². The lowest BCUT2D eigenvalue weighted by Crippen LogP contribution is -1.97. The van der Waals surface area contributed by atoms with Gasteiger partial charge in [-0.05, 0) is 25.1 Å². The minimum Gasteiger partial charge on any atom is -0.385 e. The average molecular weight is 171 g/mol. The van der Waals surface area contributed by atoms with Crippen molar-refractivity contribution in [2.24, 2.45) is 0 Å². The molecule has 0 atom stereocenters. The zero-order valence-electron chi connectivity index (χ0n) is 7.33. The summed E-state index contributed by atoms with van der Waals surface area (Å²) in [5.41, 5.74) is 1.71. The molecule has 1 rings (SSSR count). The lowest BCUT2D eigenvalue weighted by molar-refractivity contribution is 1.21. The van der Waals surface area contributed by atoms with Crippen LogP contribution >= 0.6 is 0 Å². The minimum absolute atomic E-state index is 0.418. The van der Waals surface area contributed by atoms with Crippen molar-refractivity contribution in [1.29, 1.82) is 10.5 Å². The molecule has 1 aromatic rings. The van der Waals surface area contributed by atoms with Crippen LogP contribution in [0.4, 0.5) is 5.69 Å². The van der Waals surface area contributed by atoms with Crippen LogP contribution in [0.1, 0.15) is 18.1 Å². The standard InChI is InChI=1S/C10H9N3/c1-2-13-10-4-3-8(6-11)9(5-10)7-12/h3-5,13H,2H2,1H3. The molecule has 0 spiro atoms. The summed E-state index contributed by atoms with van der Waals surface area (Å²) in [6.45, 7) is 2.78. The summed E-state index contributed by atoms with van der Waals surface area (Å²) in [6, 6.07) is 9.07. The first-order valence-electron chi connectivity index (χ1n) is 4.00. The molecule has 0 unspecified atom stereocenters. The predicted octanol–water partition coefficient (Wildman–Crippen LogP) is 1.86. The van der Waals surface area contributed by atoms with Crippen LogP contribution in [-0.4, -0.2) is 6.54 Å². The highest BCUT2D eigenvalue weighted by molar-refractivity contribution is 5.56. The van der Waals surface area contributed by atoms with Crippen molar-refractivity contribution in [2.45, 2.75) is 6.92 Å². The van der Waals surface area contributed by atoms with E-state index in [2.05, 4.69) is 5.32 Å². The van der Waals surface area contributed by atoms with Crippen molar-refractivity contribution >= 4 is 5.69 Å². The molecule has 0 amide bonds. The monoisotopic (exact) mass is 171 g/mol. The highest BCUT2D eigenvalue weighted by atomic mass is 14.8. The van der Waals surface area contributed by atoms with E-state index in [0.29, 0.717) is 11.1 Å². The van der Waals surface area contributed by atoms with Gasteiger partial charge in [0.25, 0.3) is 0 Å². The third-order valence-electron chi connectivity index (χ3n) is 1.64. The Labute approximate surface area is 77.2 Å². The Balaban J connectivity index is 3.09. The van der Waals surface area contributed by atoms with E-state index in [1.807, 2.05) is 19.1 Å². The van der Waals surface area contributed by atoms with Crippen LogP contribution in [-0.2, 0) is 0 Å². The molecule has 1 N–H and O–H groups in total. The number of nitrogens with zero attached hydrogens (tertiary/aromatic N) is 2. The van der Waals surface area contributed by atoms with Crippen molar-refractivity contribution in [3.05, 3.63) is 29.3 Å². The number of anilines is 1. The van der Waals surface area contributed by atoms with Crippen LogP contribution in [0.2, 0.25) is 0 Å². The van der Waals surface area contributed by atoms with Crippen LogP contribution in [0.5, 0.6) is 0 Å². The lowest BCUT2D eigenvalue weighted by atomic mass is 10.1. The van der Waals surface area contributed by atoms with Gasteiger partial charge in [-0.25, -0.2) is 0 Å². The Morgan fingerprint density at radius 2 is 1.92 bits per heavy atom. The van der Waals surface area contributed by atoms with Crippen LogP contribution in [0.3, 0.4) is 0 Å². The molecular weight excluding hydrogens is 162 g/mol. The van der Waals surface area contributed by atoms with Gasteiger partial charge >= 0.3 is 0 Å². The first-order valence-corrected chi connectivity index (χ1v) is 4.00. The summed E-state index contributed by atoms with van der Waals surface area (Å²) in [5.74, 6) is 0. The molecule has 64 valence electrons. The van der Waals surface area contributed by atoms with Gasteiger partial charge in [0, 0.05) is 12.2 Å². The van der Waals surface area contributed by atoms with Gasteiger partial charge in [-0.2, -0.15) is 10.5 Å². The fourth-order valence-corrected chi connectivity index (χ4v) is 1.05. The van der Waals surface area contributed by atoms with E-state index < -0.39 is 0 Å². The number of hydrogen-bond acceptors (Lipinski definition) is 3. The lowest BCUT2D eigenvalue weighted by Gasteiger charge is -2.03. The summed E-state index contributed by atoms with van der Waals surface area (Å²) < 4.78 is 0. The molecule has 0 fully saturated rings. The fourth-order valence-electron chi connectivity index (χ4n) is 1.05. The minimum atomic E-state index is 0.418. The van der Waals surface area contributed by atoms with Gasteiger partial charge in [-0.1, -0.05) is 0 Å². The second-order valence-electron chi connectivity index (χ2n) is 2.51. The smallest absolute Gasteiger partial charge is 0.101 e. The molecule has 0 aliphatic carbocycles. The average Bonchev–Trinajstić information content (AvgIpc) is 2.18. The zero-order valence-corrected chi connectivity index (χ0v) is 7.33. The topological polar surface area (TPSA) is 59.6 Å². The Kier molecular flexibility index (Phi) is 2.89. The van der Waals surface area contributed by atoms with Crippen LogP contribution in [0.15, 0.2) is 18.2 Å². The zero-order chi connectivity index (χ0) is 9.68. The molecule has 3 nitrogen and oxygen atoms in total. The van der Waals surface area contributed by atoms with Gasteiger partial charge in [-0.15, -0.1) is 0 Å². The van der Waals surface area contributed by atoms with E-state index in [-0.39, 0.29) is 0 Å². The predicted molar refractivity (Wildman–Crippen MR) is 50.0 cm³/mol. The van der Waals surface area contributed by atoms with Crippen LogP contribution in [0.25, 0.3) is 0 Å². The van der Waals surface area contributed by atoms with Gasteiger partial charge in [0.05, 0.1) is 11.1 Å². The van der Waals surface area contributed by atoms with Gasteiger partial charge in [0.2, 0.25) is 0 Å². The molecule has 0 radical (unpaired) electrons. The molecule has 0 saturated heterocycles. The molecule has 0 aliphatic heterocycles. The van der Waals surface area contributed by atoms with E-state index in [1.54, 1.807) is 18.2 Å². The second-order valence-corrected chi connectivity index (χ2v) is 2.51. The van der Waals surface area contributed by atoms with E-state index in [1.165, 1.54) is 0 Å². The Morgan fingerprint density at radius 1 is 1.23 bits per heavy atom. The molecule has 0 aromatic heterocycles. The van der Waals surface area contributed by atoms with Gasteiger partial charge in [0.1, 0.15) is 12.1 Å². The second kappa shape index (κ2) is 4.13. The number of rotatable bonds is 2. The Bertz CT molecular complexity index is 382. The maximum absolute atomic E-state index is 8.71. The van der Waals surface area contributed by atoms with Crippen molar-refractivity contribution in [2.75, 3.05) is 11.9 Å². The maximum Gasteiger partial charge on any atom is 0.101 e. The summed E-state index contributed by atoms with van der Waals surface area (Å²) in [6.07, 6.45) is 0. The molecule has 13 heavy (non-hydrogen) atoms. The summed E-state index contributed by atoms with van der Waals surface area (Å²) >= 11 is 0. The molecule has 0 heterocycles. The van der Waals surface area contributed by atoms with Gasteiger partial charge < -0.3 is 5.32 Å². The molecule has 1 aromatic carbocycles. The van der Waals surface area contributed by atoms with Crippen LogP contribution < -0.4 is 5.32 Å². The molecule has 0 aliphatic rings. The third-order valence-corrected chi connectivity index (χ3v) is 1.64. The van der Waals surface area contributed by atoms with Gasteiger partial charge in [-0.3, -0.25) is 0 Å². The maximum atomic E-state index is 8.71. The van der Waals surface area contributed by atoms with Crippen molar-refractivity contribution in [1.82, 2.24) is 0 Å². The third kappa shape index (κ3) is 1.98. The Morgan fingerprint density at radius 3 is 2.46 bits per heavy atom. The quantitative estimate of drug-likeness (QED) is 0.738. The number of benzene rings is 1. The highest BCUT2D eigenvalue weighted by Gasteiger charge is 2.01. The first-order chi connectivity index (χ1) is 6.31. The number of hydrogen-bond donors (Lipinski definition) is 1. The van der Waals surface area contributed by atoms with Crippen molar-refractivity contribution in [3.8, 4) is 12.1 Å². The molecule has 0 bridgehead atoms. The first kappa shape index (κ1) is 9.09. The van der Waals surface area contributed by atoms with E-state index >= 15 is 0 Å². The summed E-state index contributed by atoms with van der Waals surface area (Å²) in [5, 5.41) is 20.4. The van der Waals surface area contributed by atoms with E-state index in [9.17, 15) is 0 Å². The van der Waals surface area contributed by atoms with Gasteiger partial charge in [0.15, 0.2) is 0 Å². The van der Waals surface area contributed by atoms with Crippen LogP contribution in [0, 0.1) is 22.7 Å². The largest absolute Gasteiger partial charge is 0.385 e.